The molecule has 5 nitrogen and oxygen atoms in total. The van der Waals surface area contributed by atoms with Gasteiger partial charge in [-0.15, -0.1) is 0 Å². The molecule has 0 amide bonds. The zero-order valence-electron chi connectivity index (χ0n) is 13.0. The van der Waals surface area contributed by atoms with Crippen molar-refractivity contribution < 1.29 is 9.84 Å². The molecule has 3 rings (SSSR count). The number of fused-ring (bicyclic) bond motifs is 1. The maximum absolute atomic E-state index is 12.3. The molecule has 1 aromatic carbocycles. The fourth-order valence-corrected chi connectivity index (χ4v) is 3.06. The van der Waals surface area contributed by atoms with Crippen LogP contribution in [0.2, 0.25) is 0 Å². The molecule has 0 bridgehead atoms. The summed E-state index contributed by atoms with van der Waals surface area (Å²) in [7, 11) is 0. The average molecular weight is 302 g/mol. The smallest absolute Gasteiger partial charge is 0.189 e. The molecule has 1 aromatic heterocycles. The molecule has 1 saturated heterocycles. The number of aliphatic hydroxyl groups excluding tert-OH is 1. The molecule has 0 unspecified atom stereocenters. The molecule has 1 aliphatic heterocycles. The van der Waals surface area contributed by atoms with E-state index in [0.717, 1.165) is 28.7 Å². The quantitative estimate of drug-likeness (QED) is 0.896. The van der Waals surface area contributed by atoms with Gasteiger partial charge in [0.15, 0.2) is 5.43 Å². The van der Waals surface area contributed by atoms with Crippen molar-refractivity contribution in [1.29, 1.82) is 0 Å². The van der Waals surface area contributed by atoms with Crippen LogP contribution in [0.5, 0.6) is 0 Å². The number of nitrogens with zero attached hydrogens (tertiary/aromatic N) is 1. The van der Waals surface area contributed by atoms with Gasteiger partial charge in [0.25, 0.3) is 0 Å². The molecule has 5 heteroatoms. The van der Waals surface area contributed by atoms with Gasteiger partial charge in [-0.1, -0.05) is 18.6 Å². The Morgan fingerprint density at radius 3 is 2.86 bits per heavy atom. The number of pyridine rings is 1. The molecule has 118 valence electrons. The highest BCUT2D eigenvalue weighted by Crippen LogP contribution is 2.17. The van der Waals surface area contributed by atoms with Gasteiger partial charge in [-0.2, -0.15) is 0 Å². The molecule has 2 heterocycles. The lowest BCUT2D eigenvalue weighted by molar-refractivity contribution is 0.0802. The summed E-state index contributed by atoms with van der Waals surface area (Å²) in [5, 5.41) is 10.7. The summed E-state index contributed by atoms with van der Waals surface area (Å²) in [5.74, 6) is 0. The van der Waals surface area contributed by atoms with Crippen molar-refractivity contribution in [2.24, 2.45) is 0 Å². The van der Waals surface area contributed by atoms with Crippen molar-refractivity contribution in [2.45, 2.75) is 32.5 Å². The van der Waals surface area contributed by atoms with Gasteiger partial charge in [0.05, 0.1) is 25.4 Å². The number of H-pyrrole nitrogens is 1. The Hall–Kier alpha value is -1.69. The SMILES string of the molecule is CCN(Cc1cc(=O)c2cc(C)ccc2[nH]1)[C@@H]1COC[C@H]1O. The number of hydrogen-bond acceptors (Lipinski definition) is 4. The number of benzene rings is 1. The second-order valence-corrected chi connectivity index (χ2v) is 5.94. The van der Waals surface area contributed by atoms with Gasteiger partial charge in [0.2, 0.25) is 0 Å². The second-order valence-electron chi connectivity index (χ2n) is 5.94. The van der Waals surface area contributed by atoms with Crippen molar-refractivity contribution in [3.63, 3.8) is 0 Å². The Morgan fingerprint density at radius 1 is 1.36 bits per heavy atom. The van der Waals surface area contributed by atoms with Gasteiger partial charge in [-0.05, 0) is 25.6 Å². The van der Waals surface area contributed by atoms with Gasteiger partial charge in [0.1, 0.15) is 0 Å². The van der Waals surface area contributed by atoms with Gasteiger partial charge < -0.3 is 14.8 Å². The number of aromatic amines is 1. The molecule has 0 saturated carbocycles. The van der Waals surface area contributed by atoms with Gasteiger partial charge in [-0.25, -0.2) is 0 Å². The van der Waals surface area contributed by atoms with Crippen molar-refractivity contribution in [3.05, 3.63) is 45.7 Å². The highest BCUT2D eigenvalue weighted by Gasteiger charge is 2.31. The highest BCUT2D eigenvalue weighted by molar-refractivity contribution is 5.79. The first-order valence-corrected chi connectivity index (χ1v) is 7.71. The first-order valence-electron chi connectivity index (χ1n) is 7.71. The normalized spacial score (nSPS) is 21.8. The standard InChI is InChI=1S/C17H22N2O3/c1-3-19(15-9-22-10-17(15)21)8-12-7-16(20)13-6-11(2)4-5-14(13)18-12/h4-7,15,17,21H,3,8-10H2,1-2H3,(H,18,20)/t15-,17-/m1/s1. The molecular formula is C17H22N2O3. The van der Waals surface area contributed by atoms with Crippen LogP contribution in [0.25, 0.3) is 10.9 Å². The van der Waals surface area contributed by atoms with Gasteiger partial charge in [0, 0.05) is 29.2 Å². The minimum absolute atomic E-state index is 0.0118. The zero-order chi connectivity index (χ0) is 15.7. The van der Waals surface area contributed by atoms with E-state index in [4.69, 9.17) is 4.74 Å². The fourth-order valence-electron chi connectivity index (χ4n) is 3.06. The number of nitrogens with one attached hydrogen (secondary N) is 1. The monoisotopic (exact) mass is 302 g/mol. The molecule has 0 radical (unpaired) electrons. The number of ether oxygens (including phenoxy) is 1. The van der Waals surface area contributed by atoms with Crippen LogP contribution in [-0.4, -0.2) is 46.9 Å². The maximum atomic E-state index is 12.3. The van der Waals surface area contributed by atoms with Crippen LogP contribution in [0.4, 0.5) is 0 Å². The van der Waals surface area contributed by atoms with Crippen molar-refractivity contribution >= 4 is 10.9 Å². The maximum Gasteiger partial charge on any atom is 0.189 e. The Kier molecular flexibility index (Phi) is 4.29. The van der Waals surface area contributed by atoms with E-state index in [1.54, 1.807) is 6.07 Å². The van der Waals surface area contributed by atoms with Crippen LogP contribution in [0.3, 0.4) is 0 Å². The van der Waals surface area contributed by atoms with E-state index in [0.29, 0.717) is 19.8 Å². The third-order valence-corrected chi connectivity index (χ3v) is 4.31. The van der Waals surface area contributed by atoms with Crippen LogP contribution in [-0.2, 0) is 11.3 Å². The lowest BCUT2D eigenvalue weighted by Crippen LogP contribution is -2.42. The largest absolute Gasteiger partial charge is 0.389 e. The van der Waals surface area contributed by atoms with E-state index >= 15 is 0 Å². The van der Waals surface area contributed by atoms with E-state index in [1.165, 1.54) is 0 Å². The first kappa shape index (κ1) is 15.2. The molecule has 2 N–H and O–H groups in total. The van der Waals surface area contributed by atoms with Gasteiger partial charge in [-0.3, -0.25) is 9.69 Å². The lowest BCUT2D eigenvalue weighted by atomic mass is 10.1. The third kappa shape index (κ3) is 2.92. The summed E-state index contributed by atoms with van der Waals surface area (Å²) in [5.41, 5.74) is 2.83. The van der Waals surface area contributed by atoms with E-state index in [1.807, 2.05) is 32.0 Å². The Labute approximate surface area is 129 Å². The number of rotatable bonds is 4. The first-order chi connectivity index (χ1) is 10.6. The lowest BCUT2D eigenvalue weighted by Gasteiger charge is -2.28. The summed E-state index contributed by atoms with van der Waals surface area (Å²) in [6.07, 6.45) is -0.463. The molecule has 1 fully saturated rings. The van der Waals surface area contributed by atoms with Crippen molar-refractivity contribution in [3.8, 4) is 0 Å². The van der Waals surface area contributed by atoms with Gasteiger partial charge >= 0.3 is 0 Å². The summed E-state index contributed by atoms with van der Waals surface area (Å²) in [4.78, 5) is 17.8. The predicted octanol–water partition coefficient (Wildman–Crippen LogP) is 1.42. The minimum atomic E-state index is -0.463. The Morgan fingerprint density at radius 2 is 2.18 bits per heavy atom. The van der Waals surface area contributed by atoms with E-state index < -0.39 is 6.10 Å². The predicted molar refractivity (Wildman–Crippen MR) is 86.0 cm³/mol. The number of aliphatic hydroxyl groups is 1. The van der Waals surface area contributed by atoms with E-state index in [-0.39, 0.29) is 11.5 Å². The number of hydrogen-bond donors (Lipinski definition) is 2. The summed E-state index contributed by atoms with van der Waals surface area (Å²) < 4.78 is 5.33. The van der Waals surface area contributed by atoms with Crippen LogP contribution in [0.1, 0.15) is 18.2 Å². The Bertz CT molecular complexity index is 725. The molecule has 0 aliphatic carbocycles. The highest BCUT2D eigenvalue weighted by atomic mass is 16.5. The van der Waals surface area contributed by atoms with Crippen LogP contribution in [0.15, 0.2) is 29.1 Å². The average Bonchev–Trinajstić information content (AvgIpc) is 2.92. The van der Waals surface area contributed by atoms with Crippen molar-refractivity contribution in [2.75, 3.05) is 19.8 Å². The van der Waals surface area contributed by atoms with E-state index in [2.05, 4.69) is 9.88 Å². The topological polar surface area (TPSA) is 65.6 Å². The third-order valence-electron chi connectivity index (χ3n) is 4.31. The molecule has 2 atom stereocenters. The summed E-state index contributed by atoms with van der Waals surface area (Å²) in [6, 6.07) is 7.49. The van der Waals surface area contributed by atoms with E-state index in [9.17, 15) is 9.90 Å². The minimum Gasteiger partial charge on any atom is -0.389 e. The van der Waals surface area contributed by atoms with Crippen molar-refractivity contribution in [1.82, 2.24) is 9.88 Å². The second kappa shape index (κ2) is 6.20. The zero-order valence-corrected chi connectivity index (χ0v) is 13.0. The Balaban J connectivity index is 1.89. The number of aryl methyl sites for hydroxylation is 1. The molecule has 22 heavy (non-hydrogen) atoms. The molecule has 0 spiro atoms. The van der Waals surface area contributed by atoms with Crippen LogP contribution < -0.4 is 5.43 Å². The van der Waals surface area contributed by atoms with Crippen LogP contribution in [0, 0.1) is 6.92 Å². The fraction of sp³-hybridized carbons (Fsp3) is 0.471. The van der Waals surface area contributed by atoms with Crippen LogP contribution >= 0.6 is 0 Å². The molecule has 2 aromatic rings. The molecular weight excluding hydrogens is 280 g/mol. The summed E-state index contributed by atoms with van der Waals surface area (Å²) >= 11 is 0. The molecule has 1 aliphatic rings. The summed E-state index contributed by atoms with van der Waals surface area (Å²) in [6.45, 7) is 6.33. The number of aromatic nitrogens is 1. The number of likely N-dealkylation sites (N-methyl/N-ethyl adjacent to an activating group) is 1.